The molecule has 2 heterocycles. The highest BCUT2D eigenvalue weighted by Gasteiger charge is 2.20. The Kier molecular flexibility index (Phi) is 6.96. The molecule has 0 radical (unpaired) electrons. The minimum absolute atomic E-state index is 0.436. The number of halogens is 4. The highest BCUT2D eigenvalue weighted by molar-refractivity contribution is 8.77. The maximum Gasteiger partial charge on any atom is 0.181 e. The number of hydrogen-bond acceptors (Lipinski definition) is 8. The second-order valence-corrected chi connectivity index (χ2v) is 12.2. The zero-order chi connectivity index (χ0) is 21.4. The molecule has 2 aromatic carbocycles. The molecule has 12 heteroatoms. The van der Waals surface area contributed by atoms with Crippen LogP contribution in [0.2, 0.25) is 20.1 Å². The monoisotopic (exact) mass is 550 g/mol. The molecule has 0 aliphatic carbocycles. The van der Waals surface area contributed by atoms with Gasteiger partial charge in [-0.2, -0.15) is 0 Å². The molecule has 4 N–H and O–H groups in total. The van der Waals surface area contributed by atoms with Crippen LogP contribution in [0.25, 0.3) is 22.5 Å². The Labute approximate surface area is 208 Å². The highest BCUT2D eigenvalue weighted by Crippen LogP contribution is 2.51. The molecule has 0 fully saturated rings. The molecule has 0 bridgehead atoms. The van der Waals surface area contributed by atoms with E-state index in [9.17, 15) is 0 Å². The molecule has 0 aliphatic rings. The number of benzene rings is 2. The number of nitrogens with zero attached hydrogens (tertiary/aromatic N) is 2. The average molecular weight is 552 g/mol. The van der Waals surface area contributed by atoms with Crippen LogP contribution in [0, 0.1) is 0 Å². The number of nitrogens with two attached hydrogens (primary N) is 2. The average Bonchev–Trinajstić information content (AvgIpc) is 3.25. The smallest absolute Gasteiger partial charge is 0.181 e. The Morgan fingerprint density at radius 3 is 1.47 bits per heavy atom. The summed E-state index contributed by atoms with van der Waals surface area (Å²) >= 11 is 27.8. The molecule has 154 valence electrons. The summed E-state index contributed by atoms with van der Waals surface area (Å²) in [6.45, 7) is 0. The molecule has 30 heavy (non-hydrogen) atoms. The topological polar surface area (TPSA) is 77.8 Å². The highest BCUT2D eigenvalue weighted by atomic mass is 35.5. The molecular formula is C18H10Cl4N4S4. The normalized spacial score (nSPS) is 11.2. The van der Waals surface area contributed by atoms with E-state index in [2.05, 4.69) is 9.97 Å². The fraction of sp³-hybridized carbons (Fsp3) is 0. The van der Waals surface area contributed by atoms with Gasteiger partial charge in [-0.1, -0.05) is 69.1 Å². The maximum absolute atomic E-state index is 6.37. The van der Waals surface area contributed by atoms with Crippen LogP contribution in [0.15, 0.2) is 44.8 Å². The standard InChI is InChI=1S/C18H10Cl4N4S4/c19-7-1-3-11(21)9(5-7)13-15(27-17(23)25-13)29-30-16-14(26-18(24)28-16)10-6-8(20)2-4-12(10)22/h1-6H,(H2,23,25)(H2,24,26). The van der Waals surface area contributed by atoms with Crippen LogP contribution in [0.5, 0.6) is 0 Å². The van der Waals surface area contributed by atoms with Crippen molar-refractivity contribution in [3.8, 4) is 22.5 Å². The summed E-state index contributed by atoms with van der Waals surface area (Å²) in [6, 6.07) is 10.5. The number of anilines is 2. The predicted molar refractivity (Wildman–Crippen MR) is 136 cm³/mol. The van der Waals surface area contributed by atoms with E-state index in [1.54, 1.807) is 36.4 Å². The van der Waals surface area contributed by atoms with Crippen LogP contribution in [0.1, 0.15) is 0 Å². The molecule has 4 rings (SSSR count). The van der Waals surface area contributed by atoms with Gasteiger partial charge in [0.2, 0.25) is 0 Å². The number of rotatable bonds is 5. The Bertz CT molecular complexity index is 1150. The zero-order valence-corrected chi connectivity index (χ0v) is 20.9. The van der Waals surface area contributed by atoms with Crippen LogP contribution in [0.3, 0.4) is 0 Å². The van der Waals surface area contributed by atoms with Crippen molar-refractivity contribution in [2.45, 2.75) is 8.42 Å². The van der Waals surface area contributed by atoms with Gasteiger partial charge in [0.25, 0.3) is 0 Å². The van der Waals surface area contributed by atoms with E-state index >= 15 is 0 Å². The minimum atomic E-state index is 0.436. The second kappa shape index (κ2) is 9.34. The zero-order valence-electron chi connectivity index (χ0n) is 14.7. The number of aromatic nitrogens is 2. The van der Waals surface area contributed by atoms with E-state index < -0.39 is 0 Å². The third-order valence-corrected chi connectivity index (χ3v) is 9.93. The molecule has 0 aliphatic heterocycles. The Morgan fingerprint density at radius 1 is 0.667 bits per heavy atom. The third kappa shape index (κ3) is 4.81. The summed E-state index contributed by atoms with van der Waals surface area (Å²) in [5.41, 5.74) is 14.8. The Balaban J connectivity index is 1.68. The Morgan fingerprint density at radius 2 is 1.07 bits per heavy atom. The van der Waals surface area contributed by atoms with Crippen LogP contribution in [-0.4, -0.2) is 9.97 Å². The number of hydrogen-bond donors (Lipinski definition) is 2. The van der Waals surface area contributed by atoms with Gasteiger partial charge in [-0.15, -0.1) is 0 Å². The molecular weight excluding hydrogens is 542 g/mol. The van der Waals surface area contributed by atoms with Crippen molar-refractivity contribution in [2.24, 2.45) is 0 Å². The summed E-state index contributed by atoms with van der Waals surface area (Å²) in [5.74, 6) is 0. The van der Waals surface area contributed by atoms with Gasteiger partial charge < -0.3 is 11.5 Å². The summed E-state index contributed by atoms with van der Waals surface area (Å²) in [6.07, 6.45) is 0. The maximum atomic E-state index is 6.37. The van der Waals surface area contributed by atoms with Crippen LogP contribution in [-0.2, 0) is 0 Å². The summed E-state index contributed by atoms with van der Waals surface area (Å²) in [7, 11) is 2.98. The van der Waals surface area contributed by atoms with Crippen molar-refractivity contribution in [2.75, 3.05) is 11.5 Å². The molecule has 0 atom stereocenters. The first kappa shape index (κ1) is 22.4. The van der Waals surface area contributed by atoms with E-state index in [4.69, 9.17) is 57.9 Å². The van der Waals surface area contributed by atoms with Crippen molar-refractivity contribution >= 4 is 101 Å². The lowest BCUT2D eigenvalue weighted by Gasteiger charge is -2.06. The Hall–Kier alpha value is -0.840. The fourth-order valence-corrected chi connectivity index (χ4v) is 8.00. The van der Waals surface area contributed by atoms with E-state index in [1.807, 2.05) is 0 Å². The molecule has 0 spiro atoms. The first-order chi connectivity index (χ1) is 14.3. The first-order valence-electron chi connectivity index (χ1n) is 8.10. The molecule has 4 aromatic rings. The van der Waals surface area contributed by atoms with Gasteiger partial charge in [-0.05, 0) is 58.0 Å². The molecule has 4 nitrogen and oxygen atoms in total. The molecule has 0 amide bonds. The lowest BCUT2D eigenvalue weighted by atomic mass is 10.2. The fourth-order valence-electron chi connectivity index (χ4n) is 2.53. The summed E-state index contributed by atoms with van der Waals surface area (Å²) < 4.78 is 1.77. The third-order valence-electron chi connectivity index (χ3n) is 3.79. The summed E-state index contributed by atoms with van der Waals surface area (Å²) in [5, 5.41) is 3.10. The van der Waals surface area contributed by atoms with E-state index in [-0.39, 0.29) is 0 Å². The van der Waals surface area contributed by atoms with Crippen molar-refractivity contribution < 1.29 is 0 Å². The predicted octanol–water partition coefficient (Wildman–Crippen LogP) is 8.51. The van der Waals surface area contributed by atoms with Crippen LogP contribution < -0.4 is 11.5 Å². The van der Waals surface area contributed by atoms with Gasteiger partial charge in [0, 0.05) is 21.2 Å². The first-order valence-corrected chi connectivity index (χ1v) is 13.4. The molecule has 0 saturated carbocycles. The SMILES string of the molecule is Nc1nc(-c2cc(Cl)ccc2Cl)c(SSc2sc(N)nc2-c2cc(Cl)ccc2Cl)s1. The number of nitrogen functional groups attached to an aromatic ring is 2. The van der Waals surface area contributed by atoms with Crippen molar-refractivity contribution in [1.82, 2.24) is 9.97 Å². The quantitative estimate of drug-likeness (QED) is 0.242. The van der Waals surface area contributed by atoms with Gasteiger partial charge in [0.1, 0.15) is 8.42 Å². The van der Waals surface area contributed by atoms with Gasteiger partial charge >= 0.3 is 0 Å². The van der Waals surface area contributed by atoms with Gasteiger partial charge in [0.15, 0.2) is 10.3 Å². The second-order valence-electron chi connectivity index (χ2n) is 5.79. The van der Waals surface area contributed by atoms with Crippen molar-refractivity contribution in [3.05, 3.63) is 56.5 Å². The lowest BCUT2D eigenvalue weighted by Crippen LogP contribution is -1.85. The summed E-state index contributed by atoms with van der Waals surface area (Å²) in [4.78, 5) is 8.90. The largest absolute Gasteiger partial charge is 0.375 e. The minimum Gasteiger partial charge on any atom is -0.375 e. The van der Waals surface area contributed by atoms with Gasteiger partial charge in [-0.3, -0.25) is 0 Å². The molecule has 0 saturated heterocycles. The van der Waals surface area contributed by atoms with E-state index in [0.29, 0.717) is 41.7 Å². The van der Waals surface area contributed by atoms with Crippen LogP contribution in [0.4, 0.5) is 10.3 Å². The van der Waals surface area contributed by atoms with Gasteiger partial charge in [0.05, 0.1) is 21.4 Å². The van der Waals surface area contributed by atoms with Crippen molar-refractivity contribution in [1.29, 1.82) is 0 Å². The van der Waals surface area contributed by atoms with Crippen LogP contribution >= 0.6 is 90.7 Å². The molecule has 0 unspecified atom stereocenters. The molecule has 2 aromatic heterocycles. The lowest BCUT2D eigenvalue weighted by molar-refractivity contribution is 1.37. The van der Waals surface area contributed by atoms with Gasteiger partial charge in [-0.25, -0.2) is 9.97 Å². The van der Waals surface area contributed by atoms with E-state index in [1.165, 1.54) is 44.3 Å². The van der Waals surface area contributed by atoms with Crippen molar-refractivity contribution in [3.63, 3.8) is 0 Å². The van der Waals surface area contributed by atoms with E-state index in [0.717, 1.165) is 19.5 Å². The number of thiazole rings is 2.